The molecule has 0 saturated carbocycles. The van der Waals surface area contributed by atoms with Gasteiger partial charge in [0.1, 0.15) is 0 Å². The van der Waals surface area contributed by atoms with Crippen molar-refractivity contribution in [1.82, 2.24) is 9.55 Å². The maximum absolute atomic E-state index is 5.55. The highest BCUT2D eigenvalue weighted by molar-refractivity contribution is 5.27. The van der Waals surface area contributed by atoms with Gasteiger partial charge in [-0.1, -0.05) is 13.3 Å². The molecule has 1 unspecified atom stereocenters. The van der Waals surface area contributed by atoms with Crippen LogP contribution in [0, 0.1) is 0 Å². The molecule has 0 amide bonds. The number of imidazole rings is 1. The van der Waals surface area contributed by atoms with Crippen molar-refractivity contribution in [3.8, 4) is 0 Å². The summed E-state index contributed by atoms with van der Waals surface area (Å²) in [6.45, 7) is 7.29. The Morgan fingerprint density at radius 3 is 3.00 bits per heavy atom. The van der Waals surface area contributed by atoms with Gasteiger partial charge in [-0.05, 0) is 13.3 Å². The van der Waals surface area contributed by atoms with Gasteiger partial charge >= 0.3 is 0 Å². The number of ether oxygens (including phenoxy) is 2. The molecule has 0 aliphatic rings. The summed E-state index contributed by atoms with van der Waals surface area (Å²) in [5.74, 6) is 0.874. The van der Waals surface area contributed by atoms with Crippen LogP contribution in [0.15, 0.2) is 12.4 Å². The average Bonchev–Trinajstić information content (AvgIpc) is 2.77. The maximum atomic E-state index is 5.55. The molecule has 0 aliphatic carbocycles. The lowest BCUT2D eigenvalue weighted by molar-refractivity contribution is 0.123. The fourth-order valence-corrected chi connectivity index (χ4v) is 1.65. The van der Waals surface area contributed by atoms with Crippen molar-refractivity contribution in [2.45, 2.75) is 39.3 Å². The minimum Gasteiger partial charge on any atom is -0.383 e. The van der Waals surface area contributed by atoms with Crippen LogP contribution in [0.5, 0.6) is 0 Å². The van der Waals surface area contributed by atoms with Gasteiger partial charge in [0, 0.05) is 38.7 Å². The number of methoxy groups -OCH3 is 1. The van der Waals surface area contributed by atoms with Crippen LogP contribution in [0.3, 0.4) is 0 Å². The van der Waals surface area contributed by atoms with Crippen molar-refractivity contribution < 1.29 is 9.47 Å². The van der Waals surface area contributed by atoms with Crippen LogP contribution in [0.2, 0.25) is 0 Å². The molecule has 0 saturated heterocycles. The second-order valence-corrected chi connectivity index (χ2v) is 4.41. The molecule has 1 aromatic rings. The summed E-state index contributed by atoms with van der Waals surface area (Å²) >= 11 is 0. The molecule has 1 N–H and O–H groups in total. The monoisotopic (exact) mass is 255 g/mol. The van der Waals surface area contributed by atoms with Gasteiger partial charge in [-0.2, -0.15) is 0 Å². The summed E-state index contributed by atoms with van der Waals surface area (Å²) in [6, 6.07) is 0.247. The van der Waals surface area contributed by atoms with Gasteiger partial charge in [-0.3, -0.25) is 0 Å². The van der Waals surface area contributed by atoms with E-state index in [1.165, 1.54) is 6.42 Å². The van der Waals surface area contributed by atoms with Crippen molar-refractivity contribution in [2.24, 2.45) is 0 Å². The highest BCUT2D eigenvalue weighted by Crippen LogP contribution is 2.06. The van der Waals surface area contributed by atoms with E-state index in [0.29, 0.717) is 6.61 Å². The van der Waals surface area contributed by atoms with Gasteiger partial charge in [-0.25, -0.2) is 4.98 Å². The summed E-state index contributed by atoms with van der Waals surface area (Å²) in [5.41, 5.74) is 0. The second-order valence-electron chi connectivity index (χ2n) is 4.41. The molecule has 1 aromatic heterocycles. The van der Waals surface area contributed by atoms with E-state index < -0.39 is 0 Å². The Morgan fingerprint density at radius 2 is 2.28 bits per heavy atom. The Labute approximate surface area is 109 Å². The lowest BCUT2D eigenvalue weighted by atomic mass is 10.4. The summed E-state index contributed by atoms with van der Waals surface area (Å²) in [6.07, 6.45) is 6.06. The normalized spacial score (nSPS) is 12.6. The number of hydrogen-bond acceptors (Lipinski definition) is 4. The van der Waals surface area contributed by atoms with E-state index in [1.807, 2.05) is 6.20 Å². The number of rotatable bonds is 10. The summed E-state index contributed by atoms with van der Waals surface area (Å²) in [7, 11) is 1.70. The summed E-state index contributed by atoms with van der Waals surface area (Å²) in [5, 5.41) is 3.31. The summed E-state index contributed by atoms with van der Waals surface area (Å²) < 4.78 is 12.7. The molecular formula is C13H25N3O2. The molecule has 0 aromatic carbocycles. The third-order valence-electron chi connectivity index (χ3n) is 2.63. The van der Waals surface area contributed by atoms with E-state index in [1.54, 1.807) is 13.3 Å². The van der Waals surface area contributed by atoms with Crippen LogP contribution in [-0.2, 0) is 16.0 Å². The minimum atomic E-state index is 0.247. The first-order valence-electron chi connectivity index (χ1n) is 6.62. The van der Waals surface area contributed by atoms with Gasteiger partial charge in [0.15, 0.2) is 0 Å². The average molecular weight is 255 g/mol. The van der Waals surface area contributed by atoms with Gasteiger partial charge < -0.3 is 19.4 Å². The van der Waals surface area contributed by atoms with Gasteiger partial charge in [-0.15, -0.1) is 0 Å². The Balaban J connectivity index is 2.30. The predicted molar refractivity (Wildman–Crippen MR) is 72.9 cm³/mol. The first-order valence-corrected chi connectivity index (χ1v) is 6.62. The Morgan fingerprint density at radius 1 is 1.44 bits per heavy atom. The van der Waals surface area contributed by atoms with E-state index in [-0.39, 0.29) is 6.04 Å². The molecule has 1 atom stereocenters. The zero-order valence-electron chi connectivity index (χ0n) is 11.7. The van der Waals surface area contributed by atoms with Gasteiger partial charge in [0.2, 0.25) is 5.95 Å². The summed E-state index contributed by atoms with van der Waals surface area (Å²) in [4.78, 5) is 4.29. The molecule has 5 heteroatoms. The lowest BCUT2D eigenvalue weighted by Crippen LogP contribution is -2.23. The van der Waals surface area contributed by atoms with E-state index in [0.717, 1.165) is 32.1 Å². The van der Waals surface area contributed by atoms with Gasteiger partial charge in [0.25, 0.3) is 0 Å². The fraction of sp³-hybridized carbons (Fsp3) is 0.769. The minimum absolute atomic E-state index is 0.247. The van der Waals surface area contributed by atoms with E-state index >= 15 is 0 Å². The molecule has 5 nitrogen and oxygen atoms in total. The van der Waals surface area contributed by atoms with Crippen molar-refractivity contribution >= 4 is 5.95 Å². The second kappa shape index (κ2) is 8.94. The van der Waals surface area contributed by atoms with E-state index in [9.17, 15) is 0 Å². The molecule has 18 heavy (non-hydrogen) atoms. The standard InChI is InChI=1S/C13H25N3O2/c1-4-5-9-18-10-8-16-7-6-14-13(16)15-12(2)11-17-3/h6-7,12H,4-5,8-11H2,1-3H3,(H,14,15). The lowest BCUT2D eigenvalue weighted by Gasteiger charge is -2.15. The maximum Gasteiger partial charge on any atom is 0.203 e. The predicted octanol–water partition coefficient (Wildman–Crippen LogP) is 2.15. The Hall–Kier alpha value is -1.07. The third kappa shape index (κ3) is 5.51. The van der Waals surface area contributed by atoms with Crippen molar-refractivity contribution in [2.75, 3.05) is 32.2 Å². The number of anilines is 1. The van der Waals surface area contributed by atoms with Crippen molar-refractivity contribution in [3.05, 3.63) is 12.4 Å². The fourth-order valence-electron chi connectivity index (χ4n) is 1.65. The largest absolute Gasteiger partial charge is 0.383 e. The number of unbranched alkanes of at least 4 members (excludes halogenated alkanes) is 1. The molecule has 1 rings (SSSR count). The molecular weight excluding hydrogens is 230 g/mol. The van der Waals surface area contributed by atoms with Crippen LogP contribution in [0.4, 0.5) is 5.95 Å². The molecule has 1 heterocycles. The topological polar surface area (TPSA) is 48.3 Å². The van der Waals surface area contributed by atoms with Crippen LogP contribution < -0.4 is 5.32 Å². The van der Waals surface area contributed by atoms with Gasteiger partial charge in [0.05, 0.1) is 13.2 Å². The SMILES string of the molecule is CCCCOCCn1ccnc1NC(C)COC. The molecule has 0 bridgehead atoms. The smallest absolute Gasteiger partial charge is 0.203 e. The van der Waals surface area contributed by atoms with E-state index in [2.05, 4.69) is 28.7 Å². The number of nitrogens with zero attached hydrogens (tertiary/aromatic N) is 2. The molecule has 104 valence electrons. The van der Waals surface area contributed by atoms with E-state index in [4.69, 9.17) is 9.47 Å². The van der Waals surface area contributed by atoms with Crippen LogP contribution in [-0.4, -0.2) is 42.5 Å². The zero-order valence-corrected chi connectivity index (χ0v) is 11.7. The molecule has 0 aliphatic heterocycles. The van der Waals surface area contributed by atoms with Crippen LogP contribution in [0.25, 0.3) is 0 Å². The third-order valence-corrected chi connectivity index (χ3v) is 2.63. The quantitative estimate of drug-likeness (QED) is 0.651. The highest BCUT2D eigenvalue weighted by atomic mass is 16.5. The first kappa shape index (κ1) is 15.0. The van der Waals surface area contributed by atoms with Crippen LogP contribution >= 0.6 is 0 Å². The highest BCUT2D eigenvalue weighted by Gasteiger charge is 2.06. The Kier molecular flexibility index (Phi) is 7.44. The van der Waals surface area contributed by atoms with Crippen molar-refractivity contribution in [3.63, 3.8) is 0 Å². The molecule has 0 fully saturated rings. The molecule has 0 spiro atoms. The Bertz CT molecular complexity index is 315. The number of aromatic nitrogens is 2. The number of hydrogen-bond donors (Lipinski definition) is 1. The van der Waals surface area contributed by atoms with Crippen molar-refractivity contribution in [1.29, 1.82) is 0 Å². The zero-order chi connectivity index (χ0) is 13.2. The molecule has 0 radical (unpaired) electrons. The van der Waals surface area contributed by atoms with Crippen LogP contribution in [0.1, 0.15) is 26.7 Å². The first-order chi connectivity index (χ1) is 8.77. The number of nitrogens with one attached hydrogen (secondary N) is 1.